The third-order valence-electron chi connectivity index (χ3n) is 3.38. The number of halogens is 1. The molecule has 0 aromatic heterocycles. The summed E-state index contributed by atoms with van der Waals surface area (Å²) in [5.41, 5.74) is 0.514. The maximum atomic E-state index is 13.9. The van der Waals surface area contributed by atoms with E-state index >= 15 is 0 Å². The number of para-hydroxylation sites is 1. The second-order valence-electron chi connectivity index (χ2n) is 4.70. The summed E-state index contributed by atoms with van der Waals surface area (Å²) in [4.78, 5) is 14.0. The molecule has 2 N–H and O–H groups in total. The molecule has 1 atom stereocenters. The number of anilines is 1. The second-order valence-corrected chi connectivity index (χ2v) is 4.70. The van der Waals surface area contributed by atoms with Gasteiger partial charge in [-0.3, -0.25) is 4.79 Å². The normalized spacial score (nSPS) is 20.0. The first-order valence-corrected chi connectivity index (χ1v) is 6.67. The lowest BCUT2D eigenvalue weighted by molar-refractivity contribution is -0.122. The van der Waals surface area contributed by atoms with Gasteiger partial charge in [0.05, 0.1) is 5.69 Å². The highest BCUT2D eigenvalue weighted by Crippen LogP contribution is 2.23. The van der Waals surface area contributed by atoms with E-state index in [1.165, 1.54) is 6.07 Å². The van der Waals surface area contributed by atoms with E-state index in [1.54, 1.807) is 18.2 Å². The van der Waals surface area contributed by atoms with Crippen molar-refractivity contribution in [2.75, 3.05) is 31.6 Å². The van der Waals surface area contributed by atoms with E-state index in [-0.39, 0.29) is 17.8 Å². The number of benzene rings is 1. The summed E-state index contributed by atoms with van der Waals surface area (Å²) in [5, 5.41) is 5.93. The van der Waals surface area contributed by atoms with Crippen molar-refractivity contribution in [3.8, 4) is 0 Å². The highest BCUT2D eigenvalue weighted by Gasteiger charge is 2.29. The highest BCUT2D eigenvalue weighted by atomic mass is 19.1. The topological polar surface area (TPSA) is 44.4 Å². The molecule has 4 nitrogen and oxygen atoms in total. The van der Waals surface area contributed by atoms with Gasteiger partial charge in [0.15, 0.2) is 0 Å². The van der Waals surface area contributed by atoms with Crippen molar-refractivity contribution >= 4 is 11.6 Å². The minimum Gasteiger partial charge on any atom is -0.357 e. The Bertz CT molecular complexity index is 438. The lowest BCUT2D eigenvalue weighted by Crippen LogP contribution is -2.46. The molecule has 1 aromatic carbocycles. The Morgan fingerprint density at radius 3 is 3.00 bits per heavy atom. The number of carbonyl (C=O) groups excluding carboxylic acids is 1. The highest BCUT2D eigenvalue weighted by molar-refractivity contribution is 5.85. The van der Waals surface area contributed by atoms with Gasteiger partial charge in [0.25, 0.3) is 0 Å². The zero-order chi connectivity index (χ0) is 13.7. The number of hydrogen-bond acceptors (Lipinski definition) is 3. The first kappa shape index (κ1) is 13.8. The molecular weight excluding hydrogens is 245 g/mol. The number of carbonyl (C=O) groups is 1. The lowest BCUT2D eigenvalue weighted by Gasteiger charge is -2.30. The first-order chi connectivity index (χ1) is 9.24. The van der Waals surface area contributed by atoms with Gasteiger partial charge in [-0.2, -0.15) is 0 Å². The molecule has 1 aliphatic rings. The van der Waals surface area contributed by atoms with E-state index in [4.69, 9.17) is 0 Å². The smallest absolute Gasteiger partial charge is 0.242 e. The zero-order valence-electron chi connectivity index (χ0n) is 11.2. The van der Waals surface area contributed by atoms with Crippen LogP contribution in [0.2, 0.25) is 0 Å². The average molecular weight is 265 g/mol. The van der Waals surface area contributed by atoms with Crippen molar-refractivity contribution in [2.45, 2.75) is 18.9 Å². The molecule has 1 unspecified atom stereocenters. The third kappa shape index (κ3) is 3.23. The van der Waals surface area contributed by atoms with Crippen LogP contribution in [0.25, 0.3) is 0 Å². The van der Waals surface area contributed by atoms with Crippen LogP contribution in [0, 0.1) is 5.82 Å². The van der Waals surface area contributed by atoms with Crippen LogP contribution in [0.4, 0.5) is 10.1 Å². The predicted octanol–water partition coefficient (Wildman–Crippen LogP) is 1.13. The fourth-order valence-corrected chi connectivity index (χ4v) is 2.42. The summed E-state index contributed by atoms with van der Waals surface area (Å²) in [5.74, 6) is -0.289. The zero-order valence-corrected chi connectivity index (χ0v) is 11.2. The molecule has 0 spiro atoms. The van der Waals surface area contributed by atoms with Gasteiger partial charge in [0.2, 0.25) is 5.91 Å². The molecule has 0 saturated carbocycles. The van der Waals surface area contributed by atoms with E-state index in [9.17, 15) is 9.18 Å². The minimum absolute atomic E-state index is 0.0176. The van der Waals surface area contributed by atoms with Crippen LogP contribution in [0.5, 0.6) is 0 Å². The molecule has 0 radical (unpaired) electrons. The van der Waals surface area contributed by atoms with Gasteiger partial charge >= 0.3 is 0 Å². The van der Waals surface area contributed by atoms with Crippen molar-refractivity contribution in [3.63, 3.8) is 0 Å². The number of nitrogens with zero attached hydrogens (tertiary/aromatic N) is 1. The van der Waals surface area contributed by atoms with Gasteiger partial charge in [-0.1, -0.05) is 12.1 Å². The molecule has 1 fully saturated rings. The van der Waals surface area contributed by atoms with Crippen LogP contribution in [-0.2, 0) is 4.79 Å². The van der Waals surface area contributed by atoms with Crippen LogP contribution in [-0.4, -0.2) is 38.6 Å². The fraction of sp³-hybridized carbons (Fsp3) is 0.500. The van der Waals surface area contributed by atoms with Crippen LogP contribution >= 0.6 is 0 Å². The molecule has 1 aliphatic heterocycles. The number of hydrogen-bond donors (Lipinski definition) is 2. The van der Waals surface area contributed by atoms with Crippen molar-refractivity contribution in [1.82, 2.24) is 10.6 Å². The number of amides is 1. The maximum absolute atomic E-state index is 13.9. The lowest BCUT2D eigenvalue weighted by atomic mass is 10.1. The molecule has 1 saturated heterocycles. The maximum Gasteiger partial charge on any atom is 0.242 e. The summed E-state index contributed by atoms with van der Waals surface area (Å²) in [6.45, 7) is 2.07. The molecule has 19 heavy (non-hydrogen) atoms. The second kappa shape index (κ2) is 6.52. The average Bonchev–Trinajstić information content (AvgIpc) is 2.59. The number of rotatable bonds is 4. The molecule has 1 aromatic rings. The summed E-state index contributed by atoms with van der Waals surface area (Å²) in [7, 11) is 1.85. The Kier molecular flexibility index (Phi) is 4.74. The van der Waals surface area contributed by atoms with Crippen LogP contribution in [0.1, 0.15) is 12.8 Å². The fourth-order valence-electron chi connectivity index (χ4n) is 2.42. The third-order valence-corrected chi connectivity index (χ3v) is 3.38. The van der Waals surface area contributed by atoms with E-state index < -0.39 is 0 Å². The van der Waals surface area contributed by atoms with Gasteiger partial charge in [-0.25, -0.2) is 4.39 Å². The largest absolute Gasteiger partial charge is 0.357 e. The molecule has 0 aliphatic carbocycles. The van der Waals surface area contributed by atoms with Gasteiger partial charge in [-0.05, 0) is 38.6 Å². The Morgan fingerprint density at radius 2 is 2.26 bits per heavy atom. The van der Waals surface area contributed by atoms with Crippen LogP contribution < -0.4 is 15.5 Å². The van der Waals surface area contributed by atoms with Gasteiger partial charge in [0, 0.05) is 13.1 Å². The van der Waals surface area contributed by atoms with Gasteiger partial charge in [0.1, 0.15) is 11.9 Å². The van der Waals surface area contributed by atoms with Crippen molar-refractivity contribution in [2.24, 2.45) is 0 Å². The summed E-state index contributed by atoms with van der Waals surface area (Å²) in [6, 6.07) is 6.33. The SMILES string of the molecule is CNCCC1C(=O)NCCCN1c1ccccc1F. The summed E-state index contributed by atoms with van der Waals surface area (Å²) < 4.78 is 13.9. The van der Waals surface area contributed by atoms with E-state index in [0.29, 0.717) is 25.2 Å². The molecule has 0 bridgehead atoms. The molecule has 1 heterocycles. The Balaban J connectivity index is 2.27. The van der Waals surface area contributed by atoms with Crippen molar-refractivity contribution in [3.05, 3.63) is 30.1 Å². The molecule has 5 heteroatoms. The Morgan fingerprint density at radius 1 is 1.47 bits per heavy atom. The van der Waals surface area contributed by atoms with Crippen LogP contribution in [0.15, 0.2) is 24.3 Å². The van der Waals surface area contributed by atoms with E-state index in [2.05, 4.69) is 10.6 Å². The summed E-state index contributed by atoms with van der Waals surface area (Å²) in [6.07, 6.45) is 1.49. The monoisotopic (exact) mass is 265 g/mol. The Labute approximate surface area is 113 Å². The van der Waals surface area contributed by atoms with Crippen LogP contribution in [0.3, 0.4) is 0 Å². The first-order valence-electron chi connectivity index (χ1n) is 6.67. The minimum atomic E-state index is -0.313. The number of nitrogens with one attached hydrogen (secondary N) is 2. The molecule has 1 amide bonds. The van der Waals surface area contributed by atoms with E-state index in [0.717, 1.165) is 13.0 Å². The molecule has 104 valence electrons. The molecule has 2 rings (SSSR count). The van der Waals surface area contributed by atoms with Crippen molar-refractivity contribution in [1.29, 1.82) is 0 Å². The van der Waals surface area contributed by atoms with Gasteiger partial charge < -0.3 is 15.5 Å². The standard InChI is InChI=1S/C14H20FN3O/c1-16-9-7-13-14(19)17-8-4-10-18(13)12-6-3-2-5-11(12)15/h2-3,5-6,13,16H,4,7-10H2,1H3,(H,17,19). The Hall–Kier alpha value is -1.62. The molecular formula is C14H20FN3O. The van der Waals surface area contributed by atoms with Gasteiger partial charge in [-0.15, -0.1) is 0 Å². The summed E-state index contributed by atoms with van der Waals surface area (Å²) >= 11 is 0. The van der Waals surface area contributed by atoms with E-state index in [1.807, 2.05) is 11.9 Å². The predicted molar refractivity (Wildman–Crippen MR) is 73.7 cm³/mol. The quantitative estimate of drug-likeness (QED) is 0.858. The van der Waals surface area contributed by atoms with Crippen molar-refractivity contribution < 1.29 is 9.18 Å².